The lowest BCUT2D eigenvalue weighted by atomic mass is 9.59. The molecule has 5 heteroatoms. The summed E-state index contributed by atoms with van der Waals surface area (Å²) in [4.78, 5) is 25.4. The molecule has 0 saturated carbocycles. The number of ether oxygens (including phenoxy) is 1. The number of hydrogen-bond donors (Lipinski definition) is 1. The van der Waals surface area contributed by atoms with Crippen LogP contribution in [0.25, 0.3) is 0 Å². The molecule has 0 saturated heterocycles. The van der Waals surface area contributed by atoms with Gasteiger partial charge in [0.2, 0.25) is 0 Å². The third-order valence-corrected chi connectivity index (χ3v) is 7.32. The maximum absolute atomic E-state index is 13.0. The Labute approximate surface area is 190 Å². The summed E-state index contributed by atoms with van der Waals surface area (Å²) in [5.41, 5.74) is 1.34. The van der Waals surface area contributed by atoms with Crippen molar-refractivity contribution < 1.29 is 19.4 Å². The lowest BCUT2D eigenvalue weighted by molar-refractivity contribution is -0.152. The molecule has 4 nitrogen and oxygen atoms in total. The minimum absolute atomic E-state index is 0.00988. The van der Waals surface area contributed by atoms with E-state index in [0.717, 1.165) is 6.42 Å². The number of fused-ring (bicyclic) bond motifs is 3. The van der Waals surface area contributed by atoms with Crippen molar-refractivity contribution >= 4 is 23.4 Å². The Kier molecular flexibility index (Phi) is 7.31. The fraction of sp³-hybridized carbons (Fsp3) is 0.538. The van der Waals surface area contributed by atoms with Crippen molar-refractivity contribution in [2.24, 2.45) is 41.4 Å². The van der Waals surface area contributed by atoms with Gasteiger partial charge in [-0.15, -0.1) is 0 Å². The Morgan fingerprint density at radius 3 is 2.39 bits per heavy atom. The molecule has 1 aliphatic heterocycles. The van der Waals surface area contributed by atoms with Gasteiger partial charge in [-0.25, -0.2) is 0 Å². The van der Waals surface area contributed by atoms with Crippen LogP contribution in [0, 0.1) is 41.4 Å². The zero-order valence-electron chi connectivity index (χ0n) is 18.9. The van der Waals surface area contributed by atoms with E-state index in [1.165, 1.54) is 12.5 Å². The summed E-state index contributed by atoms with van der Waals surface area (Å²) in [6.07, 6.45) is 14.8. The number of carbonyl (C=O) groups is 2. The van der Waals surface area contributed by atoms with Crippen LogP contribution in [-0.4, -0.2) is 23.0 Å². The van der Waals surface area contributed by atoms with Crippen LogP contribution < -0.4 is 0 Å². The Morgan fingerprint density at radius 2 is 1.68 bits per heavy atom. The number of aliphatic hydroxyl groups excluding tert-OH is 1. The van der Waals surface area contributed by atoms with Crippen molar-refractivity contribution in [3.05, 3.63) is 58.9 Å². The first-order valence-electron chi connectivity index (χ1n) is 11.2. The van der Waals surface area contributed by atoms with Crippen molar-refractivity contribution in [3.63, 3.8) is 0 Å². The van der Waals surface area contributed by atoms with Crippen LogP contribution in [0.3, 0.4) is 0 Å². The maximum atomic E-state index is 13.0. The molecule has 3 rings (SSSR count). The second-order valence-corrected chi connectivity index (χ2v) is 9.74. The highest BCUT2D eigenvalue weighted by Gasteiger charge is 2.45. The van der Waals surface area contributed by atoms with E-state index in [0.29, 0.717) is 0 Å². The molecular formula is C26H33ClO4. The zero-order valence-corrected chi connectivity index (χ0v) is 19.7. The smallest absolute Gasteiger partial charge is 0.317 e. The molecule has 0 amide bonds. The predicted molar refractivity (Wildman–Crippen MR) is 123 cm³/mol. The SMILES string of the molecule is CC1=C[C@@H](C)C2C3/C(O)=C(\Cl)C(=O)[C@H](C)C(=O)O[C@@H](C)/C=C/C=C\[C@@H](C)[C@@H]3C=C[C@@H]2C1. The van der Waals surface area contributed by atoms with Crippen LogP contribution in [0.15, 0.2) is 58.9 Å². The van der Waals surface area contributed by atoms with Gasteiger partial charge < -0.3 is 9.84 Å². The molecule has 0 radical (unpaired) electrons. The molecule has 31 heavy (non-hydrogen) atoms. The summed E-state index contributed by atoms with van der Waals surface area (Å²) in [6, 6.07) is 0. The van der Waals surface area contributed by atoms with Crippen molar-refractivity contribution in [2.75, 3.05) is 0 Å². The van der Waals surface area contributed by atoms with Crippen molar-refractivity contribution in [2.45, 2.75) is 47.1 Å². The first-order valence-corrected chi connectivity index (χ1v) is 11.5. The Bertz CT molecular complexity index is 878. The highest BCUT2D eigenvalue weighted by Crippen LogP contribution is 2.50. The summed E-state index contributed by atoms with van der Waals surface area (Å²) < 4.78 is 5.35. The molecule has 0 spiro atoms. The number of allylic oxidation sites excluding steroid dienone is 9. The van der Waals surface area contributed by atoms with Gasteiger partial charge >= 0.3 is 5.97 Å². The molecule has 0 fully saturated rings. The number of aliphatic hydroxyl groups is 1. The average molecular weight is 445 g/mol. The molecule has 8 atom stereocenters. The molecule has 3 aliphatic rings. The number of ketones is 1. The van der Waals surface area contributed by atoms with Gasteiger partial charge in [-0.05, 0) is 62.9 Å². The number of cyclic esters (lactones) is 1. The van der Waals surface area contributed by atoms with E-state index in [-0.39, 0.29) is 46.3 Å². The van der Waals surface area contributed by atoms with Gasteiger partial charge in [0, 0.05) is 5.92 Å². The Balaban J connectivity index is 2.12. The molecule has 0 aromatic rings. The number of halogens is 1. The van der Waals surface area contributed by atoms with E-state index in [4.69, 9.17) is 16.3 Å². The molecule has 1 heterocycles. The van der Waals surface area contributed by atoms with Crippen LogP contribution in [0.5, 0.6) is 0 Å². The van der Waals surface area contributed by atoms with Gasteiger partial charge in [0.1, 0.15) is 22.8 Å². The van der Waals surface area contributed by atoms with Gasteiger partial charge in [0.05, 0.1) is 0 Å². The third-order valence-electron chi connectivity index (χ3n) is 6.94. The minimum atomic E-state index is -1.08. The summed E-state index contributed by atoms with van der Waals surface area (Å²) in [7, 11) is 0. The van der Waals surface area contributed by atoms with E-state index in [1.807, 2.05) is 12.2 Å². The summed E-state index contributed by atoms with van der Waals surface area (Å²) in [5, 5.41) is 11.1. The number of carbonyl (C=O) groups excluding carboxylic acids is 2. The monoisotopic (exact) mass is 444 g/mol. The number of hydrogen-bond acceptors (Lipinski definition) is 4. The number of esters is 1. The second kappa shape index (κ2) is 9.60. The standard InChI is InChI=1S/C26H33ClO4/c1-14-12-16(3)21-19(13-14)10-11-20-15(2)8-6-7-9-17(4)31-26(30)18(5)24(28)23(27)25(29)22(20)21/h6-12,15-22,29H,13H2,1-5H3/b8-6-,9-7+,25-23+/t15-,16-,17+,18+,19-,20+,21?,22?/m1/s1. The highest BCUT2D eigenvalue weighted by molar-refractivity contribution is 6.44. The maximum Gasteiger partial charge on any atom is 0.317 e. The summed E-state index contributed by atoms with van der Waals surface area (Å²) in [6.45, 7) is 9.63. The van der Waals surface area contributed by atoms with Crippen molar-refractivity contribution in [3.8, 4) is 0 Å². The van der Waals surface area contributed by atoms with Gasteiger partial charge in [0.15, 0.2) is 5.78 Å². The second-order valence-electron chi connectivity index (χ2n) is 9.36. The van der Waals surface area contributed by atoms with E-state index in [1.54, 1.807) is 13.0 Å². The molecule has 0 bridgehead atoms. The lowest BCUT2D eigenvalue weighted by Crippen LogP contribution is -2.41. The quantitative estimate of drug-likeness (QED) is 0.286. The molecule has 1 N–H and O–H groups in total. The highest BCUT2D eigenvalue weighted by atomic mass is 35.5. The average Bonchev–Trinajstić information content (AvgIpc) is 2.72. The summed E-state index contributed by atoms with van der Waals surface area (Å²) in [5.74, 6) is -1.99. The van der Waals surface area contributed by atoms with Crippen LogP contribution in [-0.2, 0) is 14.3 Å². The number of rotatable bonds is 0. The van der Waals surface area contributed by atoms with Crippen LogP contribution >= 0.6 is 11.6 Å². The minimum Gasteiger partial charge on any atom is -0.510 e. The van der Waals surface area contributed by atoms with Crippen LogP contribution in [0.1, 0.15) is 41.0 Å². The third kappa shape index (κ3) is 4.90. The zero-order chi connectivity index (χ0) is 22.9. The van der Waals surface area contributed by atoms with E-state index >= 15 is 0 Å². The van der Waals surface area contributed by atoms with Gasteiger partial charge in [0.25, 0.3) is 0 Å². The van der Waals surface area contributed by atoms with Gasteiger partial charge in [-0.2, -0.15) is 0 Å². The normalized spacial score (nSPS) is 43.7. The lowest BCUT2D eigenvalue weighted by Gasteiger charge is -2.46. The van der Waals surface area contributed by atoms with Gasteiger partial charge in [-0.1, -0.05) is 67.5 Å². The Hall–Kier alpha value is -2.07. The first-order chi connectivity index (χ1) is 14.6. The predicted octanol–water partition coefficient (Wildman–Crippen LogP) is 5.91. The molecular weight excluding hydrogens is 412 g/mol. The molecule has 2 unspecified atom stereocenters. The van der Waals surface area contributed by atoms with Gasteiger partial charge in [-0.3, -0.25) is 9.59 Å². The van der Waals surface area contributed by atoms with Crippen molar-refractivity contribution in [1.82, 2.24) is 0 Å². The Morgan fingerprint density at radius 1 is 1.00 bits per heavy atom. The molecule has 0 aromatic heterocycles. The largest absolute Gasteiger partial charge is 0.510 e. The van der Waals surface area contributed by atoms with Crippen LogP contribution in [0.2, 0.25) is 0 Å². The first kappa shape index (κ1) is 23.6. The molecule has 0 aromatic carbocycles. The van der Waals surface area contributed by atoms with Crippen LogP contribution in [0.4, 0.5) is 0 Å². The summed E-state index contributed by atoms with van der Waals surface area (Å²) >= 11 is 6.46. The fourth-order valence-electron chi connectivity index (χ4n) is 5.31. The number of Topliss-reactive ketones (excluding diaryl/α,β-unsaturated/α-hetero) is 1. The topological polar surface area (TPSA) is 63.6 Å². The molecule has 2 aliphatic carbocycles. The fourth-order valence-corrected chi connectivity index (χ4v) is 5.60. The van der Waals surface area contributed by atoms with Crippen molar-refractivity contribution in [1.29, 1.82) is 0 Å². The molecule has 168 valence electrons. The van der Waals surface area contributed by atoms with E-state index in [9.17, 15) is 14.7 Å². The van der Waals surface area contributed by atoms with E-state index in [2.05, 4.69) is 45.1 Å². The van der Waals surface area contributed by atoms with E-state index < -0.39 is 23.8 Å².